The van der Waals surface area contributed by atoms with Gasteiger partial charge in [0.05, 0.1) is 5.69 Å². The Bertz CT molecular complexity index is 1210. The van der Waals surface area contributed by atoms with Crippen LogP contribution in [0.5, 0.6) is 0 Å². The summed E-state index contributed by atoms with van der Waals surface area (Å²) in [6, 6.07) is 24.0. The highest BCUT2D eigenvalue weighted by molar-refractivity contribution is 7.98. The van der Waals surface area contributed by atoms with E-state index in [1.54, 1.807) is 23.5 Å². The van der Waals surface area contributed by atoms with Crippen molar-refractivity contribution in [1.82, 2.24) is 10.3 Å². The molecule has 4 nitrogen and oxygen atoms in total. The van der Waals surface area contributed by atoms with Crippen molar-refractivity contribution in [2.45, 2.75) is 35.9 Å². The molecule has 6 heteroatoms. The van der Waals surface area contributed by atoms with Crippen LogP contribution in [0.1, 0.15) is 32.9 Å². The molecule has 4 aromatic rings. The third-order valence-corrected chi connectivity index (χ3v) is 7.06. The van der Waals surface area contributed by atoms with Crippen LogP contribution in [-0.2, 0) is 12.3 Å². The second kappa shape index (κ2) is 10.8. The topological polar surface area (TPSA) is 55.1 Å². The Hall–Kier alpha value is -2.96. The number of nitrogens with one attached hydrogen (secondary N) is 1. The van der Waals surface area contributed by atoms with Crippen molar-refractivity contribution in [3.05, 3.63) is 101 Å². The zero-order valence-corrected chi connectivity index (χ0v) is 20.6. The molecule has 0 aliphatic heterocycles. The van der Waals surface area contributed by atoms with Crippen LogP contribution in [0.3, 0.4) is 0 Å². The molecule has 0 bridgehead atoms. The molecular weight excluding hydrogens is 448 g/mol. The largest absolute Gasteiger partial charge is 0.441 e. The number of benzene rings is 3. The maximum Gasteiger partial charge on any atom is 0.251 e. The Kier molecular flexibility index (Phi) is 7.57. The minimum absolute atomic E-state index is 0.103. The van der Waals surface area contributed by atoms with Crippen molar-refractivity contribution in [2.75, 3.05) is 6.26 Å². The van der Waals surface area contributed by atoms with Crippen LogP contribution in [-0.4, -0.2) is 17.1 Å². The van der Waals surface area contributed by atoms with Gasteiger partial charge in [-0.3, -0.25) is 4.79 Å². The summed E-state index contributed by atoms with van der Waals surface area (Å²) in [7, 11) is 0. The second-order valence-corrected chi connectivity index (χ2v) is 9.66. The average Bonchev–Trinajstić information content (AvgIpc) is 3.23. The molecule has 0 saturated carbocycles. The van der Waals surface area contributed by atoms with Crippen LogP contribution in [0.4, 0.5) is 0 Å². The summed E-state index contributed by atoms with van der Waals surface area (Å²) >= 11 is 3.44. The van der Waals surface area contributed by atoms with E-state index in [1.165, 1.54) is 15.4 Å². The van der Waals surface area contributed by atoms with Crippen molar-refractivity contribution in [2.24, 2.45) is 0 Å². The van der Waals surface area contributed by atoms with Gasteiger partial charge >= 0.3 is 0 Å². The number of rotatable bonds is 8. The van der Waals surface area contributed by atoms with Crippen LogP contribution in [0.25, 0.3) is 11.5 Å². The van der Waals surface area contributed by atoms with E-state index in [-0.39, 0.29) is 5.91 Å². The normalized spacial score (nSPS) is 10.9. The van der Waals surface area contributed by atoms with Crippen LogP contribution in [0.15, 0.2) is 87.0 Å². The molecule has 0 radical (unpaired) electrons. The number of carbonyl (C=O) groups is 1. The van der Waals surface area contributed by atoms with Gasteiger partial charge in [0, 0.05) is 33.2 Å². The standard InChI is InChI=1S/C27H26N2O2S2/c1-18-4-12-24(13-5-18)33-17-25-19(2)31-27(29-25)22-10-8-21(9-11-22)26(30)28-16-20-6-14-23(32-3)15-7-20/h4-15H,16-17H2,1-3H3,(H,28,30). The van der Waals surface area contributed by atoms with Gasteiger partial charge in [-0.1, -0.05) is 29.8 Å². The van der Waals surface area contributed by atoms with E-state index in [1.807, 2.05) is 49.6 Å². The fourth-order valence-electron chi connectivity index (χ4n) is 3.26. The van der Waals surface area contributed by atoms with Gasteiger partial charge in [-0.2, -0.15) is 0 Å². The molecule has 1 aromatic heterocycles. The van der Waals surface area contributed by atoms with Gasteiger partial charge in [0.15, 0.2) is 0 Å². The van der Waals surface area contributed by atoms with Crippen LogP contribution in [0.2, 0.25) is 0 Å². The van der Waals surface area contributed by atoms with Gasteiger partial charge in [0.2, 0.25) is 5.89 Å². The van der Waals surface area contributed by atoms with E-state index in [9.17, 15) is 4.79 Å². The molecule has 0 saturated heterocycles. The molecule has 0 unspecified atom stereocenters. The van der Waals surface area contributed by atoms with E-state index in [0.717, 1.165) is 28.3 Å². The summed E-state index contributed by atoms with van der Waals surface area (Å²) in [5.41, 5.74) is 4.72. The number of carbonyl (C=O) groups excluding carboxylic acids is 1. The van der Waals surface area contributed by atoms with Gasteiger partial charge in [0.25, 0.3) is 5.91 Å². The van der Waals surface area contributed by atoms with Gasteiger partial charge in [-0.05, 0) is 74.2 Å². The summed E-state index contributed by atoms with van der Waals surface area (Å²) in [5, 5.41) is 2.97. The first-order valence-corrected chi connectivity index (χ1v) is 12.9. The Labute approximate surface area is 203 Å². The Morgan fingerprint density at radius 1 is 0.909 bits per heavy atom. The predicted molar refractivity (Wildman–Crippen MR) is 137 cm³/mol. The van der Waals surface area contributed by atoms with E-state index in [4.69, 9.17) is 4.42 Å². The SMILES string of the molecule is CSc1ccc(CNC(=O)c2ccc(-c3nc(CSc4ccc(C)cc4)c(C)o3)cc2)cc1. The maximum atomic E-state index is 12.5. The Balaban J connectivity index is 1.36. The molecule has 33 heavy (non-hydrogen) atoms. The molecule has 4 rings (SSSR count). The smallest absolute Gasteiger partial charge is 0.251 e. The van der Waals surface area contributed by atoms with Crippen molar-refractivity contribution >= 4 is 29.4 Å². The molecule has 0 atom stereocenters. The van der Waals surface area contributed by atoms with Crippen LogP contribution in [0, 0.1) is 13.8 Å². The quantitative estimate of drug-likeness (QED) is 0.281. The van der Waals surface area contributed by atoms with Crippen LogP contribution >= 0.6 is 23.5 Å². The van der Waals surface area contributed by atoms with Gasteiger partial charge < -0.3 is 9.73 Å². The fourth-order valence-corrected chi connectivity index (χ4v) is 4.57. The third-order valence-electron chi connectivity index (χ3n) is 5.30. The highest BCUT2D eigenvalue weighted by atomic mass is 32.2. The van der Waals surface area contributed by atoms with Crippen molar-refractivity contribution in [1.29, 1.82) is 0 Å². The zero-order chi connectivity index (χ0) is 23.2. The first kappa shape index (κ1) is 23.2. The second-order valence-electron chi connectivity index (χ2n) is 7.73. The molecule has 168 valence electrons. The first-order chi connectivity index (χ1) is 16.0. The molecule has 1 heterocycles. The van der Waals surface area contributed by atoms with E-state index in [2.05, 4.69) is 53.6 Å². The summed E-state index contributed by atoms with van der Waals surface area (Å²) in [6.07, 6.45) is 2.05. The number of nitrogens with zero attached hydrogens (tertiary/aromatic N) is 1. The zero-order valence-electron chi connectivity index (χ0n) is 18.9. The number of thioether (sulfide) groups is 2. The lowest BCUT2D eigenvalue weighted by Crippen LogP contribution is -2.22. The molecule has 0 aliphatic carbocycles. The van der Waals surface area contributed by atoms with E-state index in [0.29, 0.717) is 18.0 Å². The summed E-state index contributed by atoms with van der Waals surface area (Å²) < 4.78 is 5.91. The molecular formula is C27H26N2O2S2. The maximum absolute atomic E-state index is 12.5. The number of oxazole rings is 1. The number of hydrogen-bond donors (Lipinski definition) is 1. The molecule has 1 N–H and O–H groups in total. The Morgan fingerprint density at radius 2 is 1.58 bits per heavy atom. The lowest BCUT2D eigenvalue weighted by Gasteiger charge is -2.06. The highest BCUT2D eigenvalue weighted by Gasteiger charge is 2.13. The van der Waals surface area contributed by atoms with Crippen molar-refractivity contribution in [3.8, 4) is 11.5 Å². The van der Waals surface area contributed by atoms with Gasteiger partial charge in [-0.15, -0.1) is 23.5 Å². The summed E-state index contributed by atoms with van der Waals surface area (Å²) in [5.74, 6) is 2.04. The minimum atomic E-state index is -0.103. The van der Waals surface area contributed by atoms with Crippen LogP contribution < -0.4 is 5.32 Å². The predicted octanol–water partition coefficient (Wildman–Crippen LogP) is 6.90. The lowest BCUT2D eigenvalue weighted by molar-refractivity contribution is 0.0951. The number of amides is 1. The lowest BCUT2D eigenvalue weighted by atomic mass is 10.1. The van der Waals surface area contributed by atoms with Crippen molar-refractivity contribution < 1.29 is 9.21 Å². The minimum Gasteiger partial charge on any atom is -0.441 e. The van der Waals surface area contributed by atoms with Gasteiger partial charge in [-0.25, -0.2) is 4.98 Å². The molecule has 0 spiro atoms. The van der Waals surface area contributed by atoms with E-state index < -0.39 is 0 Å². The third kappa shape index (κ3) is 6.09. The summed E-state index contributed by atoms with van der Waals surface area (Å²) in [4.78, 5) is 19.6. The monoisotopic (exact) mass is 474 g/mol. The number of aryl methyl sites for hydroxylation is 2. The summed E-state index contributed by atoms with van der Waals surface area (Å²) in [6.45, 7) is 4.52. The average molecular weight is 475 g/mol. The fraction of sp³-hybridized carbons (Fsp3) is 0.185. The molecule has 0 aliphatic rings. The Morgan fingerprint density at radius 3 is 2.24 bits per heavy atom. The molecule has 1 amide bonds. The van der Waals surface area contributed by atoms with Gasteiger partial charge in [0.1, 0.15) is 5.76 Å². The number of aromatic nitrogens is 1. The van der Waals surface area contributed by atoms with E-state index >= 15 is 0 Å². The molecule has 3 aromatic carbocycles. The highest BCUT2D eigenvalue weighted by Crippen LogP contribution is 2.28. The number of hydrogen-bond acceptors (Lipinski definition) is 5. The molecule has 0 fully saturated rings. The van der Waals surface area contributed by atoms with Crippen molar-refractivity contribution in [3.63, 3.8) is 0 Å². The first-order valence-electron chi connectivity index (χ1n) is 10.7.